The van der Waals surface area contributed by atoms with Crippen LogP contribution in [0.25, 0.3) is 17.3 Å². The van der Waals surface area contributed by atoms with Crippen LogP contribution in [-0.2, 0) is 6.54 Å². The molecule has 0 aliphatic carbocycles. The van der Waals surface area contributed by atoms with Gasteiger partial charge in [-0.05, 0) is 23.8 Å². The van der Waals surface area contributed by atoms with E-state index in [1.807, 2.05) is 23.0 Å². The van der Waals surface area contributed by atoms with Crippen LogP contribution in [0.4, 0.5) is 0 Å². The van der Waals surface area contributed by atoms with Crippen LogP contribution in [0.2, 0.25) is 0 Å². The maximum Gasteiger partial charge on any atom is 0.175 e. The Morgan fingerprint density at radius 2 is 1.41 bits per heavy atom. The van der Waals surface area contributed by atoms with Gasteiger partial charge in [0.1, 0.15) is 0 Å². The highest BCUT2D eigenvalue weighted by atomic mass is 14.9. The van der Waals surface area contributed by atoms with Crippen molar-refractivity contribution in [1.82, 2.24) is 0 Å². The number of nitrogens with zero attached hydrogens (tertiary/aromatic N) is 2. The van der Waals surface area contributed by atoms with E-state index in [9.17, 15) is 0 Å². The van der Waals surface area contributed by atoms with Gasteiger partial charge in [-0.15, -0.1) is 0 Å². The highest BCUT2D eigenvalue weighted by molar-refractivity contribution is 5.61. The highest BCUT2D eigenvalue weighted by Gasteiger charge is 2.03. The normalized spacial score (nSPS) is 9.88. The van der Waals surface area contributed by atoms with Crippen molar-refractivity contribution in [3.05, 3.63) is 68.3 Å². The predicted octanol–water partition coefficient (Wildman–Crippen LogP) is 2.22. The van der Waals surface area contributed by atoms with E-state index in [0.29, 0.717) is 0 Å². The van der Waals surface area contributed by atoms with E-state index in [0.717, 1.165) is 6.54 Å². The minimum absolute atomic E-state index is 0.839. The summed E-state index contributed by atoms with van der Waals surface area (Å²) in [5, 5.41) is 0. The van der Waals surface area contributed by atoms with Gasteiger partial charge >= 0.3 is 0 Å². The molecule has 0 atom stereocenters. The Balaban J connectivity index is 2.26. The fourth-order valence-electron chi connectivity index (χ4n) is 1.67. The third kappa shape index (κ3) is 2.67. The molecular weight excluding hydrogens is 208 g/mol. The number of rotatable bonds is 4. The van der Waals surface area contributed by atoms with Crippen LogP contribution in [0.3, 0.4) is 0 Å². The molecule has 2 aromatic heterocycles. The Morgan fingerprint density at radius 3 is 1.88 bits per heavy atom. The SMILES string of the molecule is C=CC[n+]1ccc(-c2cc[n+](C=C)cc2)cc1. The monoisotopic (exact) mass is 224 g/mol. The number of allylic oxidation sites excluding steroid dienone is 1. The van der Waals surface area contributed by atoms with Gasteiger partial charge in [0.15, 0.2) is 37.5 Å². The number of pyridine rings is 2. The van der Waals surface area contributed by atoms with Crippen molar-refractivity contribution >= 4 is 6.20 Å². The molecule has 0 saturated heterocycles. The lowest BCUT2D eigenvalue weighted by atomic mass is 10.1. The van der Waals surface area contributed by atoms with Crippen molar-refractivity contribution in [2.24, 2.45) is 0 Å². The highest BCUT2D eigenvalue weighted by Crippen LogP contribution is 2.15. The van der Waals surface area contributed by atoms with Crippen LogP contribution < -0.4 is 9.13 Å². The van der Waals surface area contributed by atoms with Crippen LogP contribution in [0.1, 0.15) is 0 Å². The van der Waals surface area contributed by atoms with Crippen LogP contribution >= 0.6 is 0 Å². The Labute approximate surface area is 102 Å². The van der Waals surface area contributed by atoms with Gasteiger partial charge in [0.25, 0.3) is 0 Å². The number of hydrogen-bond donors (Lipinski definition) is 0. The zero-order valence-electron chi connectivity index (χ0n) is 9.79. The van der Waals surface area contributed by atoms with Gasteiger partial charge in [0.05, 0.1) is 0 Å². The summed E-state index contributed by atoms with van der Waals surface area (Å²) in [7, 11) is 0. The molecule has 0 saturated carbocycles. The summed E-state index contributed by atoms with van der Waals surface area (Å²) in [6.45, 7) is 8.28. The lowest BCUT2D eigenvalue weighted by molar-refractivity contribution is -0.686. The van der Waals surface area contributed by atoms with E-state index in [1.54, 1.807) is 6.20 Å². The van der Waals surface area contributed by atoms with E-state index in [2.05, 4.69) is 54.4 Å². The van der Waals surface area contributed by atoms with Crippen molar-refractivity contribution in [3.63, 3.8) is 0 Å². The van der Waals surface area contributed by atoms with Gasteiger partial charge < -0.3 is 0 Å². The lowest BCUT2D eigenvalue weighted by Gasteiger charge is -1.98. The third-order valence-electron chi connectivity index (χ3n) is 2.63. The van der Waals surface area contributed by atoms with E-state index < -0.39 is 0 Å². The standard InChI is InChI=1S/C15H16N2/c1-3-9-17-12-7-15(8-13-17)14-5-10-16(4-2)11-6-14/h3-8,10-13H,1-2,9H2/q+2. The van der Waals surface area contributed by atoms with Gasteiger partial charge in [-0.3, -0.25) is 0 Å². The molecule has 2 aromatic rings. The maximum atomic E-state index is 3.72. The molecule has 2 rings (SSSR count). The molecule has 2 heterocycles. The quantitative estimate of drug-likeness (QED) is 0.555. The molecule has 2 nitrogen and oxygen atoms in total. The average molecular weight is 224 g/mol. The minimum atomic E-state index is 0.839. The molecule has 0 spiro atoms. The molecule has 17 heavy (non-hydrogen) atoms. The van der Waals surface area contributed by atoms with E-state index in [1.165, 1.54) is 11.1 Å². The van der Waals surface area contributed by atoms with Gasteiger partial charge in [-0.1, -0.05) is 6.58 Å². The second kappa shape index (κ2) is 5.21. The predicted molar refractivity (Wildman–Crippen MR) is 68.9 cm³/mol. The van der Waals surface area contributed by atoms with Crippen molar-refractivity contribution in [2.45, 2.75) is 6.54 Å². The largest absolute Gasteiger partial charge is 0.201 e. The van der Waals surface area contributed by atoms with Gasteiger partial charge in [0, 0.05) is 24.3 Å². The molecule has 0 radical (unpaired) electrons. The second-order valence-corrected chi connectivity index (χ2v) is 3.79. The molecule has 0 aromatic carbocycles. The second-order valence-electron chi connectivity index (χ2n) is 3.79. The Morgan fingerprint density at radius 1 is 0.882 bits per heavy atom. The summed E-state index contributed by atoms with van der Waals surface area (Å²) < 4.78 is 4.01. The summed E-state index contributed by atoms with van der Waals surface area (Å²) in [4.78, 5) is 0. The topological polar surface area (TPSA) is 7.76 Å². The van der Waals surface area contributed by atoms with Crippen molar-refractivity contribution in [3.8, 4) is 11.1 Å². The van der Waals surface area contributed by atoms with Gasteiger partial charge in [-0.2, -0.15) is 4.57 Å². The molecule has 0 unspecified atom stereocenters. The van der Waals surface area contributed by atoms with Crippen LogP contribution in [0.5, 0.6) is 0 Å². The summed E-state index contributed by atoms with van der Waals surface area (Å²) in [5.74, 6) is 0. The van der Waals surface area contributed by atoms with Gasteiger partial charge in [-0.25, -0.2) is 4.57 Å². The summed E-state index contributed by atoms with van der Waals surface area (Å²) in [6.07, 6.45) is 11.8. The molecule has 0 aliphatic rings. The van der Waals surface area contributed by atoms with Crippen LogP contribution in [0, 0.1) is 0 Å². The van der Waals surface area contributed by atoms with E-state index >= 15 is 0 Å². The lowest BCUT2D eigenvalue weighted by Crippen LogP contribution is -2.31. The third-order valence-corrected chi connectivity index (χ3v) is 2.63. The smallest absolute Gasteiger partial charge is 0.175 e. The molecule has 0 bridgehead atoms. The first-order valence-electron chi connectivity index (χ1n) is 5.57. The first kappa shape index (κ1) is 11.3. The molecule has 2 heteroatoms. The van der Waals surface area contributed by atoms with E-state index in [4.69, 9.17) is 0 Å². The minimum Gasteiger partial charge on any atom is -0.201 e. The van der Waals surface area contributed by atoms with E-state index in [-0.39, 0.29) is 0 Å². The number of aromatic nitrogens is 2. The molecule has 0 aliphatic heterocycles. The average Bonchev–Trinajstić information content (AvgIpc) is 2.40. The fourth-order valence-corrected chi connectivity index (χ4v) is 1.67. The van der Waals surface area contributed by atoms with Crippen LogP contribution in [0.15, 0.2) is 68.3 Å². The molecule has 0 amide bonds. The zero-order chi connectivity index (χ0) is 12.1. The summed E-state index contributed by atoms with van der Waals surface area (Å²) >= 11 is 0. The number of hydrogen-bond acceptors (Lipinski definition) is 0. The zero-order valence-corrected chi connectivity index (χ0v) is 9.79. The van der Waals surface area contributed by atoms with Crippen molar-refractivity contribution in [2.75, 3.05) is 0 Å². The van der Waals surface area contributed by atoms with Crippen LogP contribution in [-0.4, -0.2) is 0 Å². The Kier molecular flexibility index (Phi) is 3.46. The summed E-state index contributed by atoms with van der Waals surface area (Å²) in [5.41, 5.74) is 2.41. The maximum absolute atomic E-state index is 3.72. The molecule has 0 fully saturated rings. The molecule has 84 valence electrons. The van der Waals surface area contributed by atoms with Crippen molar-refractivity contribution in [1.29, 1.82) is 0 Å². The summed E-state index contributed by atoms with van der Waals surface area (Å²) in [6, 6.07) is 8.37. The first-order chi connectivity index (χ1) is 8.33. The molecular formula is C15H16N2+2. The van der Waals surface area contributed by atoms with Crippen molar-refractivity contribution < 1.29 is 9.13 Å². The first-order valence-corrected chi connectivity index (χ1v) is 5.57. The van der Waals surface area contributed by atoms with Gasteiger partial charge in [0.2, 0.25) is 0 Å². The fraction of sp³-hybridized carbons (Fsp3) is 0.0667. The Bertz CT molecular complexity index is 510. The molecule has 0 N–H and O–H groups in total. The Hall–Kier alpha value is -2.22.